The van der Waals surface area contributed by atoms with Crippen LogP contribution in [0.1, 0.15) is 85.0 Å². The molecule has 1 aromatic rings. The first-order chi connectivity index (χ1) is 21.2. The van der Waals surface area contributed by atoms with Gasteiger partial charge in [0.25, 0.3) is 5.69 Å². The van der Waals surface area contributed by atoms with Crippen LogP contribution in [0, 0.1) is 10.1 Å². The van der Waals surface area contributed by atoms with Gasteiger partial charge in [0.05, 0.1) is 4.92 Å². The molecule has 1 amide bonds. The summed E-state index contributed by atoms with van der Waals surface area (Å²) < 4.78 is 31.2. The molecule has 3 aliphatic rings. The average molecular weight is 621 g/mol. The molecule has 3 aliphatic heterocycles. The van der Waals surface area contributed by atoms with Gasteiger partial charge in [0.2, 0.25) is 5.79 Å². The van der Waals surface area contributed by atoms with E-state index in [0.29, 0.717) is 18.8 Å². The van der Waals surface area contributed by atoms with Crippen molar-refractivity contribution in [3.63, 3.8) is 0 Å². The van der Waals surface area contributed by atoms with Crippen molar-refractivity contribution in [2.24, 2.45) is 0 Å². The summed E-state index contributed by atoms with van der Waals surface area (Å²) in [6, 6.07) is 5.58. The van der Waals surface area contributed by atoms with E-state index >= 15 is 0 Å². The highest BCUT2D eigenvalue weighted by Gasteiger charge is 2.66. The summed E-state index contributed by atoms with van der Waals surface area (Å²) in [5.74, 6) is -2.18. The summed E-state index contributed by atoms with van der Waals surface area (Å²) in [4.78, 5) is 26.0. The van der Waals surface area contributed by atoms with E-state index in [-0.39, 0.29) is 12.3 Å². The van der Waals surface area contributed by atoms with Gasteiger partial charge in [-0.15, -0.1) is 0 Å². The minimum Gasteiger partial charge on any atom is -0.440 e. The third-order valence-corrected chi connectivity index (χ3v) is 8.44. The summed E-state index contributed by atoms with van der Waals surface area (Å²) in [6.45, 7) is 11.0. The van der Waals surface area contributed by atoms with Gasteiger partial charge in [-0.1, -0.05) is 51.9 Å². The fourth-order valence-electron chi connectivity index (χ4n) is 6.24. The molecule has 12 nitrogen and oxygen atoms in total. The lowest BCUT2D eigenvalue weighted by Crippen LogP contribution is -2.46. The van der Waals surface area contributed by atoms with Gasteiger partial charge in [0, 0.05) is 44.1 Å². The molecule has 4 atom stereocenters. The quantitative estimate of drug-likeness (QED) is 0.114. The lowest BCUT2D eigenvalue weighted by molar-refractivity contribution is -0.384. The maximum absolute atomic E-state index is 13.1. The topological polar surface area (TPSA) is 134 Å². The number of fused-ring (bicyclic) bond motifs is 1. The number of anilines is 1. The largest absolute Gasteiger partial charge is 0.440 e. The fourth-order valence-corrected chi connectivity index (χ4v) is 6.24. The van der Waals surface area contributed by atoms with Crippen molar-refractivity contribution >= 4 is 17.5 Å². The Hall–Kier alpha value is -2.35. The maximum atomic E-state index is 13.1. The lowest BCUT2D eigenvalue weighted by atomic mass is 10.1. The fraction of sp³-hybridized carbons (Fsp3) is 0.781. The Morgan fingerprint density at radius 3 is 2.41 bits per heavy atom. The zero-order valence-corrected chi connectivity index (χ0v) is 26.7. The predicted octanol–water partition coefficient (Wildman–Crippen LogP) is 5.60. The molecule has 1 aromatic carbocycles. The van der Waals surface area contributed by atoms with E-state index in [9.17, 15) is 14.9 Å². The number of nitro benzene ring substituents is 1. The minimum atomic E-state index is -1.22. The number of nitro groups is 1. The first-order valence-electron chi connectivity index (χ1n) is 16.5. The Bertz CT molecular complexity index is 1040. The molecule has 3 heterocycles. The standard InChI is InChI=1S/C32H52N4O8/c1-4-5-6-7-8-9-10-13-22-40-24-32-29(43-31(2,3)44-32)28(27(42-32)23-33-18-21-35-19-11-12-20-35)41-30(37)34-25-14-16-26(17-15-25)36(38)39/h14-17,27-29,33H,4-13,18-24H2,1-3H3,(H,34,37)/t27-,28+,29-,32-/m0/s1. The van der Waals surface area contributed by atoms with Crippen molar-refractivity contribution in [1.29, 1.82) is 0 Å². The normalized spacial score (nSPS) is 26.1. The second-order valence-corrected chi connectivity index (χ2v) is 12.6. The summed E-state index contributed by atoms with van der Waals surface area (Å²) in [5.41, 5.74) is 0.312. The highest BCUT2D eigenvalue weighted by molar-refractivity contribution is 5.84. The maximum Gasteiger partial charge on any atom is 0.412 e. The van der Waals surface area contributed by atoms with Crippen LogP contribution in [0.25, 0.3) is 0 Å². The van der Waals surface area contributed by atoms with Gasteiger partial charge in [-0.25, -0.2) is 4.79 Å². The highest BCUT2D eigenvalue weighted by atomic mass is 16.9. The number of benzene rings is 1. The average Bonchev–Trinajstić information content (AvgIpc) is 3.66. The van der Waals surface area contributed by atoms with Crippen molar-refractivity contribution in [2.75, 3.05) is 51.3 Å². The number of likely N-dealkylation sites (tertiary alicyclic amines) is 1. The van der Waals surface area contributed by atoms with E-state index in [1.165, 1.54) is 75.6 Å². The number of carbonyl (C=O) groups excluding carboxylic acids is 1. The summed E-state index contributed by atoms with van der Waals surface area (Å²) in [5, 5.41) is 17.1. The predicted molar refractivity (Wildman–Crippen MR) is 167 cm³/mol. The lowest BCUT2D eigenvalue weighted by Gasteiger charge is -2.29. The van der Waals surface area contributed by atoms with Crippen molar-refractivity contribution < 1.29 is 33.4 Å². The molecule has 3 saturated heterocycles. The molecule has 0 aliphatic carbocycles. The van der Waals surface area contributed by atoms with Crippen LogP contribution in [0.3, 0.4) is 0 Å². The van der Waals surface area contributed by atoms with Crippen LogP contribution >= 0.6 is 0 Å². The van der Waals surface area contributed by atoms with Crippen LogP contribution < -0.4 is 10.6 Å². The summed E-state index contributed by atoms with van der Waals surface area (Å²) in [7, 11) is 0. The number of nitrogens with one attached hydrogen (secondary N) is 2. The first-order valence-corrected chi connectivity index (χ1v) is 16.5. The van der Waals surface area contributed by atoms with E-state index in [4.69, 9.17) is 23.7 Å². The molecule has 0 aromatic heterocycles. The number of hydrogen-bond acceptors (Lipinski definition) is 10. The van der Waals surface area contributed by atoms with E-state index in [2.05, 4.69) is 22.5 Å². The third kappa shape index (κ3) is 10.1. The Kier molecular flexibility index (Phi) is 13.2. The number of non-ortho nitro benzene ring substituents is 1. The van der Waals surface area contributed by atoms with Crippen LogP contribution in [0.5, 0.6) is 0 Å². The van der Waals surface area contributed by atoms with Gasteiger partial charge in [-0.3, -0.25) is 15.4 Å². The van der Waals surface area contributed by atoms with Crippen LogP contribution in [0.15, 0.2) is 24.3 Å². The van der Waals surface area contributed by atoms with Crippen LogP contribution in [0.4, 0.5) is 16.2 Å². The molecule has 12 heteroatoms. The summed E-state index contributed by atoms with van der Waals surface area (Å²) >= 11 is 0. The zero-order valence-electron chi connectivity index (χ0n) is 26.7. The summed E-state index contributed by atoms with van der Waals surface area (Å²) in [6.07, 6.45) is 9.44. The molecule has 0 bridgehead atoms. The Labute approximate surface area is 261 Å². The number of ether oxygens (including phenoxy) is 5. The van der Waals surface area contributed by atoms with Crippen LogP contribution in [-0.2, 0) is 23.7 Å². The minimum absolute atomic E-state index is 0.0660. The van der Waals surface area contributed by atoms with Crippen molar-refractivity contribution in [3.8, 4) is 0 Å². The Morgan fingerprint density at radius 2 is 1.73 bits per heavy atom. The SMILES string of the molecule is CCCCCCCCCCOC[C@@]12O[C@@H](CNCCN3CCCC3)[C@@H](OC(=O)Nc3ccc([N+](=O)[O-])cc3)[C@@H]1OC(C)(C)O2. The molecule has 0 radical (unpaired) electrons. The molecule has 248 valence electrons. The van der Waals surface area contributed by atoms with Crippen LogP contribution in [0.2, 0.25) is 0 Å². The molecular weight excluding hydrogens is 568 g/mol. The van der Waals surface area contributed by atoms with Gasteiger partial charge in [0.1, 0.15) is 12.7 Å². The van der Waals surface area contributed by atoms with Crippen molar-refractivity contribution in [1.82, 2.24) is 10.2 Å². The number of hydrogen-bond donors (Lipinski definition) is 2. The zero-order chi connectivity index (χ0) is 31.4. The second kappa shape index (κ2) is 16.8. The third-order valence-electron chi connectivity index (χ3n) is 8.44. The van der Waals surface area contributed by atoms with Crippen LogP contribution in [-0.4, -0.2) is 91.7 Å². The van der Waals surface area contributed by atoms with Crippen molar-refractivity contribution in [2.45, 2.75) is 115 Å². The number of nitrogens with zero attached hydrogens (tertiary/aromatic N) is 2. The Balaban J connectivity index is 1.35. The number of amides is 1. The molecule has 3 fully saturated rings. The monoisotopic (exact) mass is 620 g/mol. The molecule has 2 N–H and O–H groups in total. The van der Waals surface area contributed by atoms with Gasteiger partial charge < -0.3 is 33.9 Å². The number of unbranched alkanes of at least 4 members (excludes halogenated alkanes) is 7. The first kappa shape index (κ1) is 34.5. The van der Waals surface area contributed by atoms with Gasteiger partial charge in [-0.05, 0) is 58.3 Å². The Morgan fingerprint density at radius 1 is 1.05 bits per heavy atom. The molecule has 0 unspecified atom stereocenters. The molecular formula is C32H52N4O8. The smallest absolute Gasteiger partial charge is 0.412 e. The molecule has 0 spiro atoms. The molecule has 44 heavy (non-hydrogen) atoms. The highest BCUT2D eigenvalue weighted by Crippen LogP contribution is 2.46. The number of rotatable bonds is 19. The van der Waals surface area contributed by atoms with E-state index in [1.54, 1.807) is 0 Å². The van der Waals surface area contributed by atoms with E-state index < -0.39 is 40.9 Å². The van der Waals surface area contributed by atoms with Gasteiger partial charge in [0.15, 0.2) is 18.0 Å². The van der Waals surface area contributed by atoms with Gasteiger partial charge in [-0.2, -0.15) is 0 Å². The molecule has 4 rings (SSSR count). The van der Waals surface area contributed by atoms with Crippen molar-refractivity contribution in [3.05, 3.63) is 34.4 Å². The van der Waals surface area contributed by atoms with Gasteiger partial charge >= 0.3 is 6.09 Å². The molecule has 0 saturated carbocycles. The number of carbonyl (C=O) groups is 1. The van der Waals surface area contributed by atoms with E-state index in [0.717, 1.165) is 39.0 Å². The second-order valence-electron chi connectivity index (χ2n) is 12.6. The van der Waals surface area contributed by atoms with E-state index in [1.807, 2.05) is 13.8 Å².